The van der Waals surface area contributed by atoms with E-state index in [0.29, 0.717) is 11.3 Å². The van der Waals surface area contributed by atoms with Gasteiger partial charge in [0.15, 0.2) is 31.0 Å². The van der Waals surface area contributed by atoms with Gasteiger partial charge in [0.05, 0.1) is 0 Å². The van der Waals surface area contributed by atoms with Crippen LogP contribution in [-0.4, -0.2) is 0 Å². The first-order valence-corrected chi connectivity index (χ1v) is 32.0. The lowest BCUT2D eigenvalue weighted by Gasteiger charge is -2.17. The number of benzene rings is 5. The van der Waals surface area contributed by atoms with E-state index < -0.39 is 75.8 Å². The van der Waals surface area contributed by atoms with Gasteiger partial charge >= 0.3 is 0 Å². The highest BCUT2D eigenvalue weighted by atomic mass is 14.9. The lowest BCUT2D eigenvalue weighted by molar-refractivity contribution is -0.661. The Morgan fingerprint density at radius 2 is 0.772 bits per heavy atom. The van der Waals surface area contributed by atoms with Crippen molar-refractivity contribution < 1.29 is 53.0 Å². The fourth-order valence-corrected chi connectivity index (χ4v) is 12.6. The van der Waals surface area contributed by atoms with Crippen LogP contribution in [0, 0.1) is 34.6 Å². The molecule has 5 aromatic carbocycles. The van der Waals surface area contributed by atoms with E-state index in [1.165, 1.54) is 130 Å². The largest absolute Gasteiger partial charge is 0.216 e. The molecular weight excluding hydrogens is 1110 g/mol. The average molecular weight is 1250 g/mol. The molecule has 0 amide bonds. The Hall–Kier alpha value is -8.15. The zero-order valence-electron chi connectivity index (χ0n) is 78.7. The van der Waals surface area contributed by atoms with Crippen LogP contribution in [0.4, 0.5) is 0 Å². The molecule has 0 bridgehead atoms. The molecule has 2 aliphatic rings. The summed E-state index contributed by atoms with van der Waals surface area (Å²) in [7, 11) is 9.50. The Kier molecular flexibility index (Phi) is 16.2. The molecule has 0 radical (unpaired) electrons. The monoisotopic (exact) mass is 1250 g/mol. The molecule has 2 unspecified atom stereocenters. The number of fused-ring (bicyclic) bond motifs is 2. The summed E-state index contributed by atoms with van der Waals surface area (Å²) in [4.78, 5) is 0. The highest BCUT2D eigenvalue weighted by Crippen LogP contribution is 2.32. The average Bonchev–Trinajstić information content (AvgIpc) is 0.741. The summed E-state index contributed by atoms with van der Waals surface area (Å²) in [5, 5.41) is 0. The standard InChI is InChI=1S/2C18H24N.2C17H20N.C17H22N/c1-6-15-12-19(5)18(11-17(15)13(2)3)16-10-8-7-9-14(16)4;1-6-15-11-18(16-10-8-7-9-14(16)4)19(5)12-17(15)13(2)3;1-13-7-3-6-10-16(13)17-11-14-8-4-5-9-15(14)12-18(17)2;1-13-7-3-5-9-15(13)17-16-10-6-4-8-14(16)11-12-18(17)2;1-5-14-11-17(18(4)12-15(14)6-2)16-10-8-7-9-13(16)3/h2*7-13H,6H2,1-5H3;3,6-7,10-12H,4-5,8-9H2,1-2H3;3,5,7,9,11-12H,4,6,8,10H2,1-2H3;7-12H,5-6H2,1-4H3/q5*+1/i2*2D3,6D2,13D;;;1D3,2D3,5D2,6D2. The van der Waals surface area contributed by atoms with Crippen molar-refractivity contribution in [2.24, 2.45) is 35.2 Å². The number of hydrogen-bond acceptors (Lipinski definition) is 0. The first-order chi connectivity index (χ1) is 52.6. The van der Waals surface area contributed by atoms with Gasteiger partial charge < -0.3 is 0 Å². The van der Waals surface area contributed by atoms with Crippen molar-refractivity contribution in [3.8, 4) is 56.3 Å². The third kappa shape index (κ3) is 16.9. The lowest BCUT2D eigenvalue weighted by Crippen LogP contribution is -2.33. The van der Waals surface area contributed by atoms with Crippen molar-refractivity contribution in [1.29, 1.82) is 0 Å². The summed E-state index contributed by atoms with van der Waals surface area (Å²) in [5.74, 6) is -3.83. The smallest absolute Gasteiger partial charge is 0.201 e. The van der Waals surface area contributed by atoms with Crippen LogP contribution in [0.3, 0.4) is 0 Å². The van der Waals surface area contributed by atoms with E-state index in [0.717, 1.165) is 39.2 Å². The summed E-state index contributed by atoms with van der Waals surface area (Å²) >= 11 is 0. The molecule has 0 spiro atoms. The molecule has 0 N–H and O–H groups in total. The molecule has 0 saturated carbocycles. The van der Waals surface area contributed by atoms with Crippen molar-refractivity contribution in [3.63, 3.8) is 0 Å². The molecule has 5 heterocycles. The van der Waals surface area contributed by atoms with Gasteiger partial charge in [0.1, 0.15) is 35.2 Å². The molecule has 5 aromatic heterocycles. The second kappa shape index (κ2) is 32.9. The molecule has 12 rings (SSSR count). The van der Waals surface area contributed by atoms with Crippen molar-refractivity contribution in [3.05, 3.63) is 266 Å². The predicted molar refractivity (Wildman–Crippen MR) is 388 cm³/mol. The Morgan fingerprint density at radius 3 is 1.26 bits per heavy atom. The van der Waals surface area contributed by atoms with Crippen LogP contribution in [0.15, 0.2) is 183 Å². The van der Waals surface area contributed by atoms with Crippen molar-refractivity contribution in [2.45, 2.75) is 178 Å². The van der Waals surface area contributed by atoms with Gasteiger partial charge in [-0.15, -0.1) is 0 Å². The number of rotatable bonds is 11. The summed E-state index contributed by atoms with van der Waals surface area (Å²) in [6, 6.07) is 49.3. The maximum absolute atomic E-state index is 8.48. The molecule has 0 saturated heterocycles. The lowest BCUT2D eigenvalue weighted by atomic mass is 9.88. The zero-order chi connectivity index (χ0) is 85.2. The SMILES string of the molecule is Cc1ccccc1-c1c2c(cc[n+]1C)CCCC2.Cc1ccccc1-c1cc2c(c[n+]1C)CCCC2.[2H]C([2H])(C)c1c[n+](C)c(-c2ccccc2C)cc1C([2H])(C)C([2H])([2H])[2H].[2H]C([2H])(C)c1cc(-c2ccccc2C)[n+](C)cc1C([2H])(C)C([2H])([2H])[2H].[2H]C([2H])([2H])C([2H])([2H])c1cc(-c2ccccc2C)[n+](C)cc1C([2H])([2H])C([2H])([2H])[2H]. The minimum absolute atomic E-state index is 0.180. The van der Waals surface area contributed by atoms with Crippen LogP contribution >= 0.6 is 0 Å². The van der Waals surface area contributed by atoms with E-state index in [2.05, 4.69) is 110 Å². The van der Waals surface area contributed by atoms with Crippen molar-refractivity contribution in [1.82, 2.24) is 0 Å². The Bertz CT molecular complexity index is 5090. The van der Waals surface area contributed by atoms with E-state index >= 15 is 0 Å². The van der Waals surface area contributed by atoms with Gasteiger partial charge in [-0.25, -0.2) is 22.8 Å². The second-order valence-corrected chi connectivity index (χ2v) is 24.4. The minimum Gasteiger partial charge on any atom is -0.201 e. The first-order valence-electron chi connectivity index (χ1n) is 43.0. The summed E-state index contributed by atoms with van der Waals surface area (Å²) in [6.07, 6.45) is 9.81. The van der Waals surface area contributed by atoms with Crippen LogP contribution in [0.25, 0.3) is 56.3 Å². The molecule has 5 nitrogen and oxygen atoms in total. The third-order valence-corrected chi connectivity index (χ3v) is 17.8. The van der Waals surface area contributed by atoms with E-state index in [4.69, 9.17) is 30.2 Å². The van der Waals surface area contributed by atoms with Gasteiger partial charge in [-0.1, -0.05) is 146 Å². The molecule has 5 heteroatoms. The molecule has 2 aliphatic carbocycles. The number of aromatic nitrogens is 5. The number of pyridine rings is 5. The summed E-state index contributed by atoms with van der Waals surface area (Å²) in [6.45, 7) is 4.23. The number of aryl methyl sites for hydroxylation is 17. The van der Waals surface area contributed by atoms with E-state index in [1.54, 1.807) is 89.2 Å². The molecule has 2 atom stereocenters. The topological polar surface area (TPSA) is 19.4 Å². The Labute approximate surface area is 587 Å². The van der Waals surface area contributed by atoms with Gasteiger partial charge in [-0.2, -0.15) is 0 Å². The quantitative estimate of drug-likeness (QED) is 0.115. The number of hydrogen-bond donors (Lipinski definition) is 0. The second-order valence-electron chi connectivity index (χ2n) is 24.4. The molecular formula is C87H110N5+5. The zero-order valence-corrected chi connectivity index (χ0v) is 56.7. The van der Waals surface area contributed by atoms with E-state index in [1.807, 2.05) is 81.4 Å². The fourth-order valence-electron chi connectivity index (χ4n) is 12.6. The maximum atomic E-state index is 8.48. The van der Waals surface area contributed by atoms with E-state index in [9.17, 15) is 0 Å². The van der Waals surface area contributed by atoms with Crippen LogP contribution in [0.5, 0.6) is 0 Å². The normalized spacial score (nSPS) is 18.2. The molecule has 10 aromatic rings. The third-order valence-electron chi connectivity index (χ3n) is 17.8. The van der Waals surface area contributed by atoms with Gasteiger partial charge in [-0.05, 0) is 209 Å². The van der Waals surface area contributed by atoms with Crippen LogP contribution < -0.4 is 22.8 Å². The minimum atomic E-state index is -3.12. The first kappa shape index (κ1) is 45.2. The van der Waals surface area contributed by atoms with Gasteiger partial charge in [0, 0.05) is 116 Å². The molecule has 0 aliphatic heterocycles. The van der Waals surface area contributed by atoms with Crippen molar-refractivity contribution >= 4 is 0 Å². The Balaban J connectivity index is 0.000000180. The summed E-state index contributed by atoms with van der Waals surface area (Å²) in [5.41, 5.74) is 21.7. The van der Waals surface area contributed by atoms with E-state index in [-0.39, 0.29) is 22.3 Å². The van der Waals surface area contributed by atoms with Crippen LogP contribution in [0.1, 0.15) is 206 Å². The molecule has 478 valence electrons. The maximum Gasteiger partial charge on any atom is 0.216 e. The summed E-state index contributed by atoms with van der Waals surface area (Å²) < 4.78 is 183. The fraction of sp³-hybridized carbons (Fsp3) is 0.368. The van der Waals surface area contributed by atoms with Gasteiger partial charge in [-0.3, -0.25) is 0 Å². The van der Waals surface area contributed by atoms with Crippen molar-refractivity contribution in [2.75, 3.05) is 0 Å². The van der Waals surface area contributed by atoms with Crippen LogP contribution in [-0.2, 0) is 86.4 Å². The predicted octanol–water partition coefficient (Wildman–Crippen LogP) is 18.7. The van der Waals surface area contributed by atoms with Gasteiger partial charge in [0.2, 0.25) is 28.5 Å². The highest BCUT2D eigenvalue weighted by Gasteiger charge is 2.25. The van der Waals surface area contributed by atoms with Crippen LogP contribution in [0.2, 0.25) is 0 Å². The highest BCUT2D eigenvalue weighted by molar-refractivity contribution is 5.67. The molecule has 0 fully saturated rings. The van der Waals surface area contributed by atoms with Gasteiger partial charge in [0.25, 0.3) is 0 Å². The number of nitrogens with zero attached hydrogens (tertiary/aromatic N) is 5. The Morgan fingerprint density at radius 1 is 0.380 bits per heavy atom. The molecule has 92 heavy (non-hydrogen) atoms.